The van der Waals surface area contributed by atoms with Crippen LogP contribution in [0.5, 0.6) is 0 Å². The van der Waals surface area contributed by atoms with Crippen molar-refractivity contribution in [3.05, 3.63) is 6.07 Å². The number of nitrogen functional groups attached to an aromatic ring is 1. The third kappa shape index (κ3) is 4.72. The first kappa shape index (κ1) is 16.3. The minimum atomic E-state index is 0.193. The Morgan fingerprint density at radius 3 is 3.00 bits per heavy atom. The van der Waals surface area contributed by atoms with E-state index in [1.807, 2.05) is 7.05 Å². The molecule has 0 amide bonds. The highest BCUT2D eigenvalue weighted by atomic mass is 32.2. The number of hydrogen-bond donors (Lipinski definition) is 3. The Hall–Kier alpha value is -1.05. The maximum Gasteiger partial charge on any atom is 0.191 e. The van der Waals surface area contributed by atoms with Crippen molar-refractivity contribution in [3.63, 3.8) is 0 Å². The summed E-state index contributed by atoms with van der Waals surface area (Å²) in [6.45, 7) is 3.26. The molecule has 2 rings (SSSR count). The van der Waals surface area contributed by atoms with Gasteiger partial charge >= 0.3 is 0 Å². The highest BCUT2D eigenvalue weighted by Gasteiger charge is 2.29. The minimum Gasteiger partial charge on any atom is -0.395 e. The molecular formula is C14H25N5OS. The van der Waals surface area contributed by atoms with Gasteiger partial charge < -0.3 is 16.2 Å². The fraction of sp³-hybridized carbons (Fsp3) is 0.714. The number of aliphatic hydroxyl groups excluding tert-OH is 1. The van der Waals surface area contributed by atoms with Gasteiger partial charge in [0.1, 0.15) is 11.6 Å². The summed E-state index contributed by atoms with van der Waals surface area (Å²) >= 11 is 1.64. The van der Waals surface area contributed by atoms with E-state index in [0.717, 1.165) is 42.5 Å². The molecule has 1 aliphatic rings. The highest BCUT2D eigenvalue weighted by Crippen LogP contribution is 2.22. The standard InChI is InChI=1S/C14H25N5OS/c1-3-4-5-21-14-17-12(15)7-13(18-14)16-10-6-11(9-20)19(2)8-10/h7,10-11,20H,3-6,8-9H2,1-2H3,(H3,15,16,17,18)/t10-,11+/m1/s1. The number of nitrogens with one attached hydrogen (secondary N) is 1. The van der Waals surface area contributed by atoms with Crippen LogP contribution in [0, 0.1) is 0 Å². The lowest BCUT2D eigenvalue weighted by Crippen LogP contribution is -2.28. The van der Waals surface area contributed by atoms with Crippen molar-refractivity contribution in [1.29, 1.82) is 0 Å². The minimum absolute atomic E-state index is 0.193. The van der Waals surface area contributed by atoms with Crippen LogP contribution in [-0.2, 0) is 0 Å². The van der Waals surface area contributed by atoms with Gasteiger partial charge in [-0.2, -0.15) is 0 Å². The molecule has 6 nitrogen and oxygen atoms in total. The molecule has 7 heteroatoms. The predicted molar refractivity (Wildman–Crippen MR) is 87.6 cm³/mol. The fourth-order valence-corrected chi connectivity index (χ4v) is 3.45. The van der Waals surface area contributed by atoms with Gasteiger partial charge in [0, 0.05) is 30.4 Å². The average Bonchev–Trinajstić information content (AvgIpc) is 2.78. The van der Waals surface area contributed by atoms with E-state index in [4.69, 9.17) is 5.73 Å². The number of anilines is 2. The normalized spacial score (nSPS) is 22.6. The van der Waals surface area contributed by atoms with Crippen molar-refractivity contribution in [2.24, 2.45) is 0 Å². The third-order valence-corrected chi connectivity index (χ3v) is 4.64. The Morgan fingerprint density at radius 2 is 2.33 bits per heavy atom. The first-order chi connectivity index (χ1) is 10.1. The zero-order valence-electron chi connectivity index (χ0n) is 12.7. The number of nitrogens with zero attached hydrogens (tertiary/aromatic N) is 3. The van der Waals surface area contributed by atoms with Crippen molar-refractivity contribution in [2.45, 2.75) is 43.4 Å². The molecule has 1 aromatic rings. The number of nitrogens with two attached hydrogens (primary N) is 1. The van der Waals surface area contributed by atoms with Crippen LogP contribution in [0.25, 0.3) is 0 Å². The highest BCUT2D eigenvalue weighted by molar-refractivity contribution is 7.99. The number of aromatic nitrogens is 2. The molecule has 0 saturated carbocycles. The maximum absolute atomic E-state index is 9.31. The summed E-state index contributed by atoms with van der Waals surface area (Å²) in [5, 5.41) is 13.5. The summed E-state index contributed by atoms with van der Waals surface area (Å²) in [5.41, 5.74) is 5.86. The molecule has 0 aliphatic carbocycles. The van der Waals surface area contributed by atoms with E-state index in [1.165, 1.54) is 0 Å². The van der Waals surface area contributed by atoms with Crippen LogP contribution in [0.2, 0.25) is 0 Å². The molecule has 21 heavy (non-hydrogen) atoms. The summed E-state index contributed by atoms with van der Waals surface area (Å²) in [7, 11) is 2.03. The van der Waals surface area contributed by atoms with E-state index in [9.17, 15) is 5.11 Å². The third-order valence-electron chi connectivity index (χ3n) is 3.71. The summed E-state index contributed by atoms with van der Waals surface area (Å²) in [5.74, 6) is 2.29. The van der Waals surface area contributed by atoms with Gasteiger partial charge in [-0.05, 0) is 19.9 Å². The van der Waals surface area contributed by atoms with Crippen molar-refractivity contribution in [1.82, 2.24) is 14.9 Å². The van der Waals surface area contributed by atoms with Gasteiger partial charge in [-0.15, -0.1) is 0 Å². The molecule has 2 heterocycles. The molecule has 0 unspecified atom stereocenters. The van der Waals surface area contributed by atoms with Crippen molar-refractivity contribution in [3.8, 4) is 0 Å². The Bertz CT molecular complexity index is 459. The second-order valence-corrected chi connectivity index (χ2v) is 6.58. The molecule has 118 valence electrons. The first-order valence-electron chi connectivity index (χ1n) is 7.47. The van der Waals surface area contributed by atoms with Crippen molar-refractivity contribution < 1.29 is 5.11 Å². The van der Waals surface area contributed by atoms with Gasteiger partial charge in [-0.3, -0.25) is 4.90 Å². The van der Waals surface area contributed by atoms with Gasteiger partial charge in [-0.25, -0.2) is 9.97 Å². The Morgan fingerprint density at radius 1 is 1.52 bits per heavy atom. The van der Waals surface area contributed by atoms with Crippen LogP contribution in [-0.4, -0.2) is 58.0 Å². The Balaban J connectivity index is 1.96. The Labute approximate surface area is 130 Å². The number of unbranched alkanes of at least 4 members (excludes halogenated alkanes) is 1. The second kappa shape index (κ2) is 7.82. The van der Waals surface area contributed by atoms with Crippen molar-refractivity contribution in [2.75, 3.05) is 37.0 Å². The topological polar surface area (TPSA) is 87.3 Å². The van der Waals surface area contributed by atoms with Gasteiger partial charge in [0.25, 0.3) is 0 Å². The zero-order chi connectivity index (χ0) is 15.2. The zero-order valence-corrected chi connectivity index (χ0v) is 13.6. The molecule has 0 aromatic carbocycles. The van der Waals surface area contributed by atoms with Gasteiger partial charge in [0.15, 0.2) is 5.16 Å². The SMILES string of the molecule is CCCCSc1nc(N)cc(N[C@@H]2C[C@@H](CO)N(C)C2)n1. The monoisotopic (exact) mass is 311 g/mol. The molecule has 0 radical (unpaired) electrons. The number of thioether (sulfide) groups is 1. The van der Waals surface area contributed by atoms with Gasteiger partial charge in [0.05, 0.1) is 6.61 Å². The first-order valence-corrected chi connectivity index (χ1v) is 8.46. The average molecular weight is 311 g/mol. The number of rotatable bonds is 7. The van der Waals surface area contributed by atoms with E-state index in [1.54, 1.807) is 17.8 Å². The van der Waals surface area contributed by atoms with Gasteiger partial charge in [-0.1, -0.05) is 25.1 Å². The van der Waals surface area contributed by atoms with Crippen LogP contribution in [0.15, 0.2) is 11.2 Å². The summed E-state index contributed by atoms with van der Waals surface area (Å²) in [4.78, 5) is 11.0. The fourth-order valence-electron chi connectivity index (χ4n) is 2.50. The smallest absolute Gasteiger partial charge is 0.191 e. The lowest BCUT2D eigenvalue weighted by atomic mass is 10.2. The number of hydrogen-bond acceptors (Lipinski definition) is 7. The van der Waals surface area contributed by atoms with Crippen molar-refractivity contribution >= 4 is 23.4 Å². The summed E-state index contributed by atoms with van der Waals surface area (Å²) in [6, 6.07) is 2.28. The molecule has 1 fully saturated rings. The van der Waals surface area contributed by atoms with Crippen LogP contribution < -0.4 is 11.1 Å². The quantitative estimate of drug-likeness (QED) is 0.399. The van der Waals surface area contributed by atoms with Crippen LogP contribution in [0.4, 0.5) is 11.6 Å². The van der Waals surface area contributed by atoms with E-state index in [2.05, 4.69) is 27.1 Å². The van der Waals surface area contributed by atoms with Gasteiger partial charge in [0.2, 0.25) is 0 Å². The van der Waals surface area contributed by atoms with E-state index >= 15 is 0 Å². The van der Waals surface area contributed by atoms with Crippen LogP contribution in [0.3, 0.4) is 0 Å². The summed E-state index contributed by atoms with van der Waals surface area (Å²) in [6.07, 6.45) is 3.23. The van der Waals surface area contributed by atoms with E-state index < -0.39 is 0 Å². The molecule has 2 atom stereocenters. The molecule has 1 aliphatic heterocycles. The largest absolute Gasteiger partial charge is 0.395 e. The molecule has 4 N–H and O–H groups in total. The lowest BCUT2D eigenvalue weighted by molar-refractivity contribution is 0.182. The van der Waals surface area contributed by atoms with E-state index in [-0.39, 0.29) is 18.7 Å². The molecule has 1 saturated heterocycles. The molecule has 0 spiro atoms. The van der Waals surface area contributed by atoms with Crippen LogP contribution in [0.1, 0.15) is 26.2 Å². The number of likely N-dealkylation sites (N-methyl/N-ethyl adjacent to an activating group) is 1. The molecular weight excluding hydrogens is 286 g/mol. The maximum atomic E-state index is 9.31. The number of likely N-dealkylation sites (tertiary alicyclic amines) is 1. The predicted octanol–water partition coefficient (Wildman–Crippen LogP) is 1.43. The lowest BCUT2D eigenvalue weighted by Gasteiger charge is -2.15. The number of aliphatic hydroxyl groups is 1. The summed E-state index contributed by atoms with van der Waals surface area (Å²) < 4.78 is 0. The second-order valence-electron chi connectivity index (χ2n) is 5.52. The Kier molecular flexibility index (Phi) is 6.08. The van der Waals surface area contributed by atoms with E-state index in [0.29, 0.717) is 5.82 Å². The molecule has 0 bridgehead atoms. The molecule has 1 aromatic heterocycles. The van der Waals surface area contributed by atoms with Crippen LogP contribution >= 0.6 is 11.8 Å².